The molecule has 6 nitrogen and oxygen atoms in total. The van der Waals surface area contributed by atoms with Gasteiger partial charge < -0.3 is 19.5 Å². The van der Waals surface area contributed by atoms with Crippen molar-refractivity contribution in [3.63, 3.8) is 0 Å². The number of fused-ring (bicyclic) bond motifs is 1. The Morgan fingerprint density at radius 1 is 1.15 bits per heavy atom. The first kappa shape index (κ1) is 17.8. The molecule has 0 unspecified atom stereocenters. The molecule has 1 heterocycles. The summed E-state index contributed by atoms with van der Waals surface area (Å²) in [6, 6.07) is 12.4. The Kier molecular flexibility index (Phi) is 5.41. The number of anilines is 1. The second-order valence-corrected chi connectivity index (χ2v) is 6.09. The smallest absolute Gasteiger partial charge is 0.338 e. The quantitative estimate of drug-likeness (QED) is 0.800. The van der Waals surface area contributed by atoms with Crippen LogP contribution < -0.4 is 14.8 Å². The molecular formula is C20H21NO5. The Hall–Kier alpha value is -3.02. The Bertz CT molecular complexity index is 818. The fourth-order valence-corrected chi connectivity index (χ4v) is 2.68. The fraction of sp³-hybridized carbons (Fsp3) is 0.300. The molecule has 2 aromatic carbocycles. The SMILES string of the molecule is CC[C@@H](C)c1ccccc1NC(=O)COC(=O)c1ccc2c(c1)OCO2. The Balaban J connectivity index is 1.58. The molecule has 1 amide bonds. The maximum atomic E-state index is 12.2. The topological polar surface area (TPSA) is 73.9 Å². The molecule has 0 fully saturated rings. The van der Waals surface area contributed by atoms with Crippen molar-refractivity contribution < 1.29 is 23.8 Å². The van der Waals surface area contributed by atoms with Gasteiger partial charge in [-0.25, -0.2) is 4.79 Å². The van der Waals surface area contributed by atoms with E-state index in [2.05, 4.69) is 19.2 Å². The van der Waals surface area contributed by atoms with Crippen molar-refractivity contribution in [2.45, 2.75) is 26.2 Å². The average molecular weight is 355 g/mol. The van der Waals surface area contributed by atoms with Crippen molar-refractivity contribution >= 4 is 17.6 Å². The summed E-state index contributed by atoms with van der Waals surface area (Å²) in [6.07, 6.45) is 0.964. The predicted molar refractivity (Wildman–Crippen MR) is 96.6 cm³/mol. The molecule has 136 valence electrons. The van der Waals surface area contributed by atoms with E-state index in [0.29, 0.717) is 23.0 Å². The van der Waals surface area contributed by atoms with Crippen molar-refractivity contribution in [1.82, 2.24) is 0 Å². The number of amides is 1. The zero-order valence-corrected chi connectivity index (χ0v) is 14.8. The molecule has 0 saturated heterocycles. The third-order valence-corrected chi connectivity index (χ3v) is 4.32. The summed E-state index contributed by atoms with van der Waals surface area (Å²) >= 11 is 0. The van der Waals surface area contributed by atoms with E-state index >= 15 is 0 Å². The normalized spacial score (nSPS) is 13.2. The van der Waals surface area contributed by atoms with Crippen LogP contribution in [0.4, 0.5) is 5.69 Å². The maximum absolute atomic E-state index is 12.2. The van der Waals surface area contributed by atoms with Gasteiger partial charge in [0.2, 0.25) is 6.79 Å². The van der Waals surface area contributed by atoms with Crippen LogP contribution in [-0.4, -0.2) is 25.3 Å². The van der Waals surface area contributed by atoms with Gasteiger partial charge in [-0.15, -0.1) is 0 Å². The van der Waals surface area contributed by atoms with E-state index in [1.54, 1.807) is 18.2 Å². The number of benzene rings is 2. The van der Waals surface area contributed by atoms with Crippen LogP contribution in [0.2, 0.25) is 0 Å². The number of carbonyl (C=O) groups excluding carboxylic acids is 2. The van der Waals surface area contributed by atoms with E-state index in [9.17, 15) is 9.59 Å². The summed E-state index contributed by atoms with van der Waals surface area (Å²) in [5.74, 6) is 0.429. The van der Waals surface area contributed by atoms with Crippen LogP contribution in [0, 0.1) is 0 Å². The van der Waals surface area contributed by atoms with Crippen molar-refractivity contribution in [2.75, 3.05) is 18.7 Å². The fourth-order valence-electron chi connectivity index (χ4n) is 2.68. The summed E-state index contributed by atoms with van der Waals surface area (Å²) in [7, 11) is 0. The second kappa shape index (κ2) is 7.91. The van der Waals surface area contributed by atoms with Crippen molar-refractivity contribution in [2.24, 2.45) is 0 Å². The molecule has 1 atom stereocenters. The summed E-state index contributed by atoms with van der Waals surface area (Å²) in [4.78, 5) is 24.3. The molecule has 0 aliphatic carbocycles. The monoisotopic (exact) mass is 355 g/mol. The van der Waals surface area contributed by atoms with Crippen LogP contribution in [-0.2, 0) is 9.53 Å². The zero-order valence-electron chi connectivity index (χ0n) is 14.8. The Morgan fingerprint density at radius 3 is 2.73 bits per heavy atom. The first-order valence-electron chi connectivity index (χ1n) is 8.54. The van der Waals surface area contributed by atoms with Gasteiger partial charge in [0, 0.05) is 5.69 Å². The number of esters is 1. The van der Waals surface area contributed by atoms with Gasteiger partial charge in [0.1, 0.15) is 0 Å². The second-order valence-electron chi connectivity index (χ2n) is 6.09. The van der Waals surface area contributed by atoms with Crippen molar-refractivity contribution in [1.29, 1.82) is 0 Å². The molecule has 26 heavy (non-hydrogen) atoms. The van der Waals surface area contributed by atoms with Gasteiger partial charge in [-0.1, -0.05) is 32.0 Å². The average Bonchev–Trinajstić information content (AvgIpc) is 3.13. The highest BCUT2D eigenvalue weighted by Crippen LogP contribution is 2.32. The molecule has 0 aromatic heterocycles. The largest absolute Gasteiger partial charge is 0.454 e. The third kappa shape index (κ3) is 3.96. The first-order valence-corrected chi connectivity index (χ1v) is 8.54. The lowest BCUT2D eigenvalue weighted by molar-refractivity contribution is -0.119. The number of ether oxygens (including phenoxy) is 3. The summed E-state index contributed by atoms with van der Waals surface area (Å²) in [6.45, 7) is 3.97. The minimum Gasteiger partial charge on any atom is -0.454 e. The minimum absolute atomic E-state index is 0.131. The van der Waals surface area contributed by atoms with Gasteiger partial charge in [-0.05, 0) is 42.2 Å². The van der Waals surface area contributed by atoms with Gasteiger partial charge in [-0.2, -0.15) is 0 Å². The lowest BCUT2D eigenvalue weighted by atomic mass is 9.97. The van der Waals surface area contributed by atoms with Gasteiger partial charge in [0.25, 0.3) is 5.91 Å². The number of carbonyl (C=O) groups is 2. The van der Waals surface area contributed by atoms with E-state index in [-0.39, 0.29) is 19.3 Å². The standard InChI is InChI=1S/C20H21NO5/c1-3-13(2)15-6-4-5-7-16(15)21-19(22)11-24-20(23)14-8-9-17-18(10-14)26-12-25-17/h4-10,13H,3,11-12H2,1-2H3,(H,21,22)/t13-/m1/s1. The van der Waals surface area contributed by atoms with Gasteiger partial charge in [-0.3, -0.25) is 4.79 Å². The Labute approximate surface area is 152 Å². The zero-order chi connectivity index (χ0) is 18.5. The molecule has 1 aliphatic rings. The summed E-state index contributed by atoms with van der Waals surface area (Å²) in [5, 5.41) is 2.81. The maximum Gasteiger partial charge on any atom is 0.338 e. The van der Waals surface area contributed by atoms with E-state index in [0.717, 1.165) is 17.7 Å². The van der Waals surface area contributed by atoms with E-state index in [1.165, 1.54) is 0 Å². The lowest BCUT2D eigenvalue weighted by Gasteiger charge is -2.15. The van der Waals surface area contributed by atoms with Gasteiger partial charge >= 0.3 is 5.97 Å². The molecule has 0 bridgehead atoms. The minimum atomic E-state index is -0.589. The lowest BCUT2D eigenvalue weighted by Crippen LogP contribution is -2.21. The molecule has 3 rings (SSSR count). The highest BCUT2D eigenvalue weighted by atomic mass is 16.7. The van der Waals surface area contributed by atoms with Crippen LogP contribution in [0.25, 0.3) is 0 Å². The van der Waals surface area contributed by atoms with Gasteiger partial charge in [0.05, 0.1) is 5.56 Å². The number of nitrogens with one attached hydrogen (secondary N) is 1. The molecule has 1 N–H and O–H groups in total. The van der Waals surface area contributed by atoms with Crippen molar-refractivity contribution in [3.05, 3.63) is 53.6 Å². The van der Waals surface area contributed by atoms with Crippen LogP contribution in [0.3, 0.4) is 0 Å². The molecule has 0 saturated carbocycles. The van der Waals surface area contributed by atoms with Gasteiger partial charge in [0.15, 0.2) is 18.1 Å². The summed E-state index contributed by atoms with van der Waals surface area (Å²) < 4.78 is 15.5. The molecule has 2 aromatic rings. The molecule has 0 spiro atoms. The number of hydrogen-bond acceptors (Lipinski definition) is 5. The highest BCUT2D eigenvalue weighted by Gasteiger charge is 2.18. The van der Waals surface area contributed by atoms with E-state index in [4.69, 9.17) is 14.2 Å². The van der Waals surface area contributed by atoms with Crippen LogP contribution in [0.5, 0.6) is 11.5 Å². The van der Waals surface area contributed by atoms with E-state index < -0.39 is 5.97 Å². The third-order valence-electron chi connectivity index (χ3n) is 4.32. The number of rotatable bonds is 6. The van der Waals surface area contributed by atoms with Crippen LogP contribution in [0.1, 0.15) is 42.1 Å². The number of hydrogen-bond donors (Lipinski definition) is 1. The molecule has 6 heteroatoms. The highest BCUT2D eigenvalue weighted by molar-refractivity contribution is 5.96. The molecule has 0 radical (unpaired) electrons. The molecule has 1 aliphatic heterocycles. The molecular weight excluding hydrogens is 334 g/mol. The predicted octanol–water partition coefficient (Wildman–Crippen LogP) is 3.72. The van der Waals surface area contributed by atoms with E-state index in [1.807, 2.05) is 24.3 Å². The van der Waals surface area contributed by atoms with Crippen LogP contribution >= 0.6 is 0 Å². The number of para-hydroxylation sites is 1. The van der Waals surface area contributed by atoms with Crippen LogP contribution in [0.15, 0.2) is 42.5 Å². The Morgan fingerprint density at radius 2 is 1.92 bits per heavy atom. The first-order chi connectivity index (χ1) is 12.6. The summed E-state index contributed by atoms with van der Waals surface area (Å²) in [5.41, 5.74) is 2.11. The van der Waals surface area contributed by atoms with Crippen molar-refractivity contribution in [3.8, 4) is 11.5 Å².